The van der Waals surface area contributed by atoms with E-state index in [0.717, 1.165) is 27.9 Å². The summed E-state index contributed by atoms with van der Waals surface area (Å²) in [4.78, 5) is 4.51. The normalized spacial score (nSPS) is 12.6. The van der Waals surface area contributed by atoms with Gasteiger partial charge in [-0.15, -0.1) is 0 Å². The Kier molecular flexibility index (Phi) is 5.19. The van der Waals surface area contributed by atoms with Gasteiger partial charge in [0, 0.05) is 27.9 Å². The molecule has 0 saturated heterocycles. The summed E-state index contributed by atoms with van der Waals surface area (Å²) >= 11 is 7.09. The number of imidazole rings is 1. The van der Waals surface area contributed by atoms with E-state index in [4.69, 9.17) is 0 Å². The zero-order valence-electron chi connectivity index (χ0n) is 11.0. The van der Waals surface area contributed by atoms with Gasteiger partial charge >= 0.3 is 0 Å². The standard InChI is InChI=1S/C14H17Br2N3/c1-3-17-13(14-18-5-6-19(14)4-2)10-7-11(15)9-12(16)8-10/h5-9,13,17H,3-4H2,1-2H3. The second-order valence-corrected chi connectivity index (χ2v) is 6.10. The number of nitrogens with zero attached hydrogens (tertiary/aromatic N) is 2. The first-order valence-electron chi connectivity index (χ1n) is 6.36. The van der Waals surface area contributed by atoms with Gasteiger partial charge in [0.2, 0.25) is 0 Å². The van der Waals surface area contributed by atoms with Gasteiger partial charge in [-0.3, -0.25) is 0 Å². The maximum atomic E-state index is 4.51. The molecule has 5 heteroatoms. The van der Waals surface area contributed by atoms with Crippen molar-refractivity contribution in [2.75, 3.05) is 6.54 Å². The minimum absolute atomic E-state index is 0.105. The number of aryl methyl sites for hydroxylation is 1. The summed E-state index contributed by atoms with van der Waals surface area (Å²) in [5.41, 5.74) is 1.20. The summed E-state index contributed by atoms with van der Waals surface area (Å²) < 4.78 is 4.30. The van der Waals surface area contributed by atoms with Crippen molar-refractivity contribution in [1.29, 1.82) is 0 Å². The van der Waals surface area contributed by atoms with Crippen molar-refractivity contribution in [1.82, 2.24) is 14.9 Å². The van der Waals surface area contributed by atoms with E-state index < -0.39 is 0 Å². The lowest BCUT2D eigenvalue weighted by atomic mass is 10.1. The van der Waals surface area contributed by atoms with E-state index in [2.05, 4.69) is 72.7 Å². The second-order valence-electron chi connectivity index (χ2n) is 4.26. The number of halogens is 2. The van der Waals surface area contributed by atoms with E-state index in [-0.39, 0.29) is 6.04 Å². The second kappa shape index (κ2) is 6.68. The Hall–Kier alpha value is -0.650. The van der Waals surface area contributed by atoms with Crippen molar-refractivity contribution in [3.05, 3.63) is 50.9 Å². The molecule has 19 heavy (non-hydrogen) atoms. The summed E-state index contributed by atoms with van der Waals surface area (Å²) in [5, 5.41) is 3.51. The SMILES string of the molecule is CCNC(c1cc(Br)cc(Br)c1)c1nccn1CC. The number of hydrogen-bond donors (Lipinski definition) is 1. The van der Waals surface area contributed by atoms with Gasteiger partial charge in [-0.2, -0.15) is 0 Å². The molecule has 2 rings (SSSR count). The number of benzene rings is 1. The van der Waals surface area contributed by atoms with E-state index in [9.17, 15) is 0 Å². The number of hydrogen-bond acceptors (Lipinski definition) is 2. The van der Waals surface area contributed by atoms with Gasteiger partial charge in [0.25, 0.3) is 0 Å². The molecular formula is C14H17Br2N3. The van der Waals surface area contributed by atoms with E-state index in [0.29, 0.717) is 0 Å². The molecule has 3 nitrogen and oxygen atoms in total. The molecule has 1 atom stereocenters. The van der Waals surface area contributed by atoms with Gasteiger partial charge in [-0.1, -0.05) is 38.8 Å². The fourth-order valence-electron chi connectivity index (χ4n) is 2.15. The maximum absolute atomic E-state index is 4.51. The fraction of sp³-hybridized carbons (Fsp3) is 0.357. The number of rotatable bonds is 5. The minimum atomic E-state index is 0.105. The first-order valence-corrected chi connectivity index (χ1v) is 7.94. The molecule has 1 unspecified atom stereocenters. The lowest BCUT2D eigenvalue weighted by molar-refractivity contribution is 0.558. The monoisotopic (exact) mass is 385 g/mol. The highest BCUT2D eigenvalue weighted by Gasteiger charge is 2.18. The topological polar surface area (TPSA) is 29.9 Å². The highest BCUT2D eigenvalue weighted by atomic mass is 79.9. The van der Waals surface area contributed by atoms with Crippen LogP contribution in [0.3, 0.4) is 0 Å². The smallest absolute Gasteiger partial charge is 0.130 e. The molecule has 0 aliphatic carbocycles. The Balaban J connectivity index is 2.45. The lowest BCUT2D eigenvalue weighted by Crippen LogP contribution is -2.25. The van der Waals surface area contributed by atoms with Crippen LogP contribution in [-0.4, -0.2) is 16.1 Å². The fourth-order valence-corrected chi connectivity index (χ4v) is 3.48. The molecule has 0 aliphatic rings. The molecule has 1 aromatic carbocycles. The largest absolute Gasteiger partial charge is 0.334 e. The van der Waals surface area contributed by atoms with Gasteiger partial charge in [0.05, 0.1) is 6.04 Å². The number of aromatic nitrogens is 2. The Bertz CT molecular complexity index is 531. The molecule has 0 spiro atoms. The average Bonchev–Trinajstić information content (AvgIpc) is 2.82. The van der Waals surface area contributed by atoms with E-state index in [1.54, 1.807) is 0 Å². The summed E-state index contributed by atoms with van der Waals surface area (Å²) in [6.45, 7) is 6.06. The van der Waals surface area contributed by atoms with E-state index >= 15 is 0 Å². The minimum Gasteiger partial charge on any atom is -0.334 e. The first kappa shape index (κ1) is 14.8. The summed E-state index contributed by atoms with van der Waals surface area (Å²) in [6.07, 6.45) is 3.88. The highest BCUT2D eigenvalue weighted by molar-refractivity contribution is 9.11. The zero-order valence-corrected chi connectivity index (χ0v) is 14.2. The molecule has 1 aromatic heterocycles. The summed E-state index contributed by atoms with van der Waals surface area (Å²) in [7, 11) is 0. The molecule has 0 bridgehead atoms. The average molecular weight is 387 g/mol. The van der Waals surface area contributed by atoms with Crippen LogP contribution < -0.4 is 5.32 Å². The van der Waals surface area contributed by atoms with Crippen molar-refractivity contribution in [3.8, 4) is 0 Å². The van der Waals surface area contributed by atoms with Crippen LogP contribution in [0.2, 0.25) is 0 Å². The van der Waals surface area contributed by atoms with Gasteiger partial charge < -0.3 is 9.88 Å². The van der Waals surface area contributed by atoms with Gasteiger partial charge in [0.1, 0.15) is 5.82 Å². The third kappa shape index (κ3) is 3.46. The molecule has 0 fully saturated rings. The summed E-state index contributed by atoms with van der Waals surface area (Å²) in [5.74, 6) is 1.05. The number of nitrogens with one attached hydrogen (secondary N) is 1. The third-order valence-electron chi connectivity index (χ3n) is 2.97. The van der Waals surface area contributed by atoms with Crippen molar-refractivity contribution >= 4 is 31.9 Å². The van der Waals surface area contributed by atoms with Crippen LogP contribution in [0.1, 0.15) is 31.3 Å². The van der Waals surface area contributed by atoms with Gasteiger partial charge in [-0.25, -0.2) is 4.98 Å². The highest BCUT2D eigenvalue weighted by Crippen LogP contribution is 2.27. The molecule has 0 saturated carbocycles. The van der Waals surface area contributed by atoms with Gasteiger partial charge in [0.15, 0.2) is 0 Å². The molecule has 1 heterocycles. The van der Waals surface area contributed by atoms with Crippen molar-refractivity contribution < 1.29 is 0 Å². The van der Waals surface area contributed by atoms with Crippen LogP contribution in [0, 0.1) is 0 Å². The zero-order chi connectivity index (χ0) is 13.8. The van der Waals surface area contributed by atoms with Crippen molar-refractivity contribution in [2.45, 2.75) is 26.4 Å². The van der Waals surface area contributed by atoms with Crippen LogP contribution in [0.25, 0.3) is 0 Å². The molecule has 1 N–H and O–H groups in total. The maximum Gasteiger partial charge on any atom is 0.130 e. The predicted octanol–water partition coefficient (Wildman–Crippen LogP) is 4.13. The Labute approximate surface area is 130 Å². The predicted molar refractivity (Wildman–Crippen MR) is 85.3 cm³/mol. The molecule has 0 radical (unpaired) electrons. The van der Waals surface area contributed by atoms with Crippen LogP contribution >= 0.6 is 31.9 Å². The molecule has 0 amide bonds. The molecule has 102 valence electrons. The van der Waals surface area contributed by atoms with Crippen LogP contribution in [-0.2, 0) is 6.54 Å². The Morgan fingerprint density at radius 2 is 1.89 bits per heavy atom. The molecular weight excluding hydrogens is 370 g/mol. The Morgan fingerprint density at radius 3 is 2.47 bits per heavy atom. The van der Waals surface area contributed by atoms with Crippen molar-refractivity contribution in [2.24, 2.45) is 0 Å². The quantitative estimate of drug-likeness (QED) is 0.837. The van der Waals surface area contributed by atoms with Crippen LogP contribution in [0.5, 0.6) is 0 Å². The first-order chi connectivity index (χ1) is 9.15. The van der Waals surface area contributed by atoms with E-state index in [1.807, 2.05) is 18.5 Å². The molecule has 2 aromatic rings. The Morgan fingerprint density at radius 1 is 1.21 bits per heavy atom. The van der Waals surface area contributed by atoms with Crippen LogP contribution in [0.15, 0.2) is 39.5 Å². The van der Waals surface area contributed by atoms with E-state index in [1.165, 1.54) is 5.56 Å². The van der Waals surface area contributed by atoms with Crippen LogP contribution in [0.4, 0.5) is 0 Å². The van der Waals surface area contributed by atoms with Gasteiger partial charge in [-0.05, 0) is 37.2 Å². The lowest BCUT2D eigenvalue weighted by Gasteiger charge is -2.19. The summed E-state index contributed by atoms with van der Waals surface area (Å²) in [6, 6.07) is 6.41. The molecule has 0 aliphatic heterocycles. The van der Waals surface area contributed by atoms with Crippen molar-refractivity contribution in [3.63, 3.8) is 0 Å². The third-order valence-corrected chi connectivity index (χ3v) is 3.89.